The number of hydrogen-bond donors (Lipinski definition) is 2. The largest absolute Gasteiger partial charge is 0.356 e. The molecular weight excluding hydrogens is 358 g/mol. The highest BCUT2D eigenvalue weighted by Gasteiger charge is 2.28. The minimum absolute atomic E-state index is 0. The van der Waals surface area contributed by atoms with Gasteiger partial charge in [-0.05, 0) is 30.5 Å². The topological polar surface area (TPSA) is 92.5 Å². The molecule has 1 heterocycles. The molecule has 1 amide bonds. The molecule has 0 saturated carbocycles. The number of carbonyl (C=O) groups excluding carboxylic acids is 1. The molecule has 134 valence electrons. The summed E-state index contributed by atoms with van der Waals surface area (Å²) in [5.74, 6) is -0.0897. The van der Waals surface area contributed by atoms with Crippen molar-refractivity contribution in [3.8, 4) is 0 Å². The second-order valence-electron chi connectivity index (χ2n) is 6.08. The lowest BCUT2D eigenvalue weighted by atomic mass is 9.94. The van der Waals surface area contributed by atoms with Crippen molar-refractivity contribution >= 4 is 39.7 Å². The Morgan fingerprint density at radius 2 is 2.00 bits per heavy atom. The Hall–Kier alpha value is -0.670. The van der Waals surface area contributed by atoms with Gasteiger partial charge in [0.1, 0.15) is 4.21 Å². The highest BCUT2D eigenvalue weighted by Crippen LogP contribution is 2.26. The molecule has 0 aliphatic rings. The normalized spacial score (nSPS) is 12.1. The van der Waals surface area contributed by atoms with Gasteiger partial charge in [0.2, 0.25) is 5.91 Å². The Kier molecular flexibility index (Phi) is 8.72. The third kappa shape index (κ3) is 6.76. The number of rotatable bonds is 8. The second kappa shape index (κ2) is 8.98. The van der Waals surface area contributed by atoms with Crippen LogP contribution < -0.4 is 11.1 Å². The zero-order chi connectivity index (χ0) is 17.0. The molecule has 0 aromatic carbocycles. The van der Waals surface area contributed by atoms with Gasteiger partial charge in [-0.3, -0.25) is 4.79 Å². The van der Waals surface area contributed by atoms with Crippen LogP contribution in [0.4, 0.5) is 0 Å². The Morgan fingerprint density at radius 3 is 2.52 bits per heavy atom. The van der Waals surface area contributed by atoms with E-state index in [2.05, 4.69) is 5.32 Å². The van der Waals surface area contributed by atoms with Crippen LogP contribution in [0.3, 0.4) is 0 Å². The van der Waals surface area contributed by atoms with Crippen molar-refractivity contribution in [2.45, 2.75) is 31.4 Å². The summed E-state index contributed by atoms with van der Waals surface area (Å²) in [5, 5.41) is 2.70. The lowest BCUT2D eigenvalue weighted by molar-refractivity contribution is -0.118. The van der Waals surface area contributed by atoms with Gasteiger partial charge in [0, 0.05) is 31.9 Å². The van der Waals surface area contributed by atoms with Crippen molar-refractivity contribution in [3.05, 3.63) is 17.0 Å². The number of nitrogens with one attached hydrogen (secondary N) is 1. The van der Waals surface area contributed by atoms with Crippen LogP contribution in [0.1, 0.15) is 25.6 Å². The van der Waals surface area contributed by atoms with Gasteiger partial charge in [-0.15, -0.1) is 23.7 Å². The van der Waals surface area contributed by atoms with Crippen molar-refractivity contribution in [2.24, 2.45) is 11.1 Å². The van der Waals surface area contributed by atoms with Crippen molar-refractivity contribution in [1.29, 1.82) is 0 Å². The Labute approximate surface area is 148 Å². The molecule has 0 saturated heterocycles. The average Bonchev–Trinajstić information content (AvgIpc) is 2.87. The van der Waals surface area contributed by atoms with E-state index in [1.807, 2.05) is 13.8 Å². The van der Waals surface area contributed by atoms with Crippen LogP contribution in [0.5, 0.6) is 0 Å². The molecule has 0 aliphatic heterocycles. The molecular formula is C14H26ClN3O3S2. The molecule has 3 N–H and O–H groups in total. The summed E-state index contributed by atoms with van der Waals surface area (Å²) in [4.78, 5) is 11.8. The fraction of sp³-hybridized carbons (Fsp3) is 0.643. The summed E-state index contributed by atoms with van der Waals surface area (Å²) in [6, 6.07) is 3.41. The third-order valence-electron chi connectivity index (χ3n) is 3.25. The van der Waals surface area contributed by atoms with Gasteiger partial charge < -0.3 is 11.1 Å². The quantitative estimate of drug-likeness (QED) is 0.710. The zero-order valence-electron chi connectivity index (χ0n) is 14.0. The maximum absolute atomic E-state index is 12.5. The Morgan fingerprint density at radius 1 is 1.39 bits per heavy atom. The third-order valence-corrected chi connectivity index (χ3v) is 6.67. The number of sulfonamides is 1. The molecule has 0 unspecified atom stereocenters. The number of nitrogens with zero attached hydrogens (tertiary/aromatic N) is 1. The van der Waals surface area contributed by atoms with Gasteiger partial charge in [0.15, 0.2) is 0 Å². The number of nitrogens with two attached hydrogens (primary N) is 1. The molecule has 1 rings (SSSR count). The average molecular weight is 384 g/mol. The molecule has 0 atom stereocenters. The highest BCUT2D eigenvalue weighted by molar-refractivity contribution is 7.91. The minimum atomic E-state index is -3.49. The van der Waals surface area contributed by atoms with E-state index in [-0.39, 0.29) is 23.7 Å². The minimum Gasteiger partial charge on any atom is -0.356 e. The van der Waals surface area contributed by atoms with Crippen LogP contribution in [0.15, 0.2) is 16.3 Å². The molecule has 6 nitrogen and oxygen atoms in total. The van der Waals surface area contributed by atoms with Gasteiger partial charge in [0.25, 0.3) is 10.0 Å². The molecule has 9 heteroatoms. The van der Waals surface area contributed by atoms with Gasteiger partial charge in [0.05, 0.1) is 0 Å². The maximum atomic E-state index is 12.5. The monoisotopic (exact) mass is 383 g/mol. The van der Waals surface area contributed by atoms with Crippen LogP contribution in [-0.2, 0) is 21.2 Å². The van der Waals surface area contributed by atoms with E-state index in [0.29, 0.717) is 30.3 Å². The van der Waals surface area contributed by atoms with Gasteiger partial charge in [-0.1, -0.05) is 13.8 Å². The molecule has 0 fully saturated rings. The van der Waals surface area contributed by atoms with Crippen molar-refractivity contribution in [1.82, 2.24) is 9.62 Å². The lowest BCUT2D eigenvalue weighted by Crippen LogP contribution is -2.39. The number of carbonyl (C=O) groups is 1. The lowest BCUT2D eigenvalue weighted by Gasteiger charge is -2.28. The summed E-state index contributed by atoms with van der Waals surface area (Å²) in [5.41, 5.74) is 5.40. The number of amides is 1. The van der Waals surface area contributed by atoms with Crippen molar-refractivity contribution in [2.75, 3.05) is 26.7 Å². The number of halogens is 1. The standard InChI is InChI=1S/C14H25N3O3S2.ClH/c1-11(18)16-8-7-12-5-6-13(21-12)22(19,20)17(4)10-14(2,3)9-15;/h5-6H,7-10,15H2,1-4H3,(H,16,18);1H. The van der Waals surface area contributed by atoms with Gasteiger partial charge in [-0.25, -0.2) is 8.42 Å². The summed E-state index contributed by atoms with van der Waals surface area (Å²) < 4.78 is 26.8. The summed E-state index contributed by atoms with van der Waals surface area (Å²) in [7, 11) is -1.92. The first-order valence-electron chi connectivity index (χ1n) is 7.08. The predicted molar refractivity (Wildman–Crippen MR) is 96.6 cm³/mol. The molecule has 23 heavy (non-hydrogen) atoms. The van der Waals surface area contributed by atoms with E-state index in [1.165, 1.54) is 22.6 Å². The van der Waals surface area contributed by atoms with Crippen LogP contribution in [0, 0.1) is 5.41 Å². The molecule has 1 aromatic heterocycles. The number of hydrogen-bond acceptors (Lipinski definition) is 5. The first-order valence-corrected chi connectivity index (χ1v) is 9.34. The second-order valence-corrected chi connectivity index (χ2v) is 9.52. The smallest absolute Gasteiger partial charge is 0.252 e. The van der Waals surface area contributed by atoms with Crippen LogP contribution in [-0.4, -0.2) is 45.3 Å². The fourth-order valence-electron chi connectivity index (χ4n) is 1.90. The molecule has 1 aromatic rings. The first kappa shape index (κ1) is 22.3. The SMILES string of the molecule is CC(=O)NCCc1ccc(S(=O)(=O)N(C)CC(C)(C)CN)s1.Cl. The Bertz CT molecular complexity index is 615. The van der Waals surface area contributed by atoms with E-state index in [9.17, 15) is 13.2 Å². The van der Waals surface area contributed by atoms with Gasteiger partial charge >= 0.3 is 0 Å². The zero-order valence-corrected chi connectivity index (χ0v) is 16.4. The summed E-state index contributed by atoms with van der Waals surface area (Å²) in [6.07, 6.45) is 0.623. The fourth-order valence-corrected chi connectivity index (χ4v) is 4.82. The predicted octanol–water partition coefficient (Wildman–Crippen LogP) is 1.45. The Balaban J connectivity index is 0.00000484. The first-order chi connectivity index (χ1) is 10.1. The molecule has 0 radical (unpaired) electrons. The van der Waals surface area contributed by atoms with E-state index >= 15 is 0 Å². The molecule has 0 bridgehead atoms. The van der Waals surface area contributed by atoms with E-state index in [0.717, 1.165) is 4.88 Å². The summed E-state index contributed by atoms with van der Waals surface area (Å²) >= 11 is 1.24. The highest BCUT2D eigenvalue weighted by atomic mass is 35.5. The number of thiophene rings is 1. The molecule has 0 spiro atoms. The van der Waals surface area contributed by atoms with E-state index in [1.54, 1.807) is 19.2 Å². The maximum Gasteiger partial charge on any atom is 0.252 e. The van der Waals surface area contributed by atoms with Gasteiger partial charge in [-0.2, -0.15) is 4.31 Å². The molecule has 0 aliphatic carbocycles. The van der Waals surface area contributed by atoms with E-state index in [4.69, 9.17) is 5.73 Å². The summed E-state index contributed by atoms with van der Waals surface area (Å²) in [6.45, 7) is 6.62. The van der Waals surface area contributed by atoms with Crippen molar-refractivity contribution in [3.63, 3.8) is 0 Å². The van der Waals surface area contributed by atoms with Crippen LogP contribution in [0.25, 0.3) is 0 Å². The van der Waals surface area contributed by atoms with Crippen molar-refractivity contribution < 1.29 is 13.2 Å². The van der Waals surface area contributed by atoms with Crippen LogP contribution in [0.2, 0.25) is 0 Å². The van der Waals surface area contributed by atoms with E-state index < -0.39 is 10.0 Å². The van der Waals surface area contributed by atoms with Crippen LogP contribution >= 0.6 is 23.7 Å².